The second-order valence-electron chi connectivity index (χ2n) is 15.7. The third-order valence-electron chi connectivity index (χ3n) is 12.5. The zero-order valence-electron chi connectivity index (χ0n) is 30.3. The van der Waals surface area contributed by atoms with Gasteiger partial charge in [0.25, 0.3) is 0 Å². The Morgan fingerprint density at radius 3 is 1.72 bits per heavy atom. The van der Waals surface area contributed by atoms with Crippen molar-refractivity contribution in [1.82, 2.24) is 9.13 Å². The van der Waals surface area contributed by atoms with Crippen LogP contribution in [0.3, 0.4) is 0 Å². The molecule has 12 rings (SSSR count). The molecule has 0 amide bonds. The van der Waals surface area contributed by atoms with Gasteiger partial charge in [0, 0.05) is 38.3 Å². The molecule has 0 spiro atoms. The molecule has 2 aliphatic rings. The van der Waals surface area contributed by atoms with Crippen molar-refractivity contribution in [3.05, 3.63) is 192 Å². The zero-order valence-corrected chi connectivity index (χ0v) is 30.3. The van der Waals surface area contributed by atoms with E-state index in [1.807, 2.05) is 0 Å². The molecule has 54 heavy (non-hydrogen) atoms. The predicted molar refractivity (Wildman–Crippen MR) is 226 cm³/mol. The Bertz CT molecular complexity index is 3210. The monoisotopic (exact) mass is 688 g/mol. The van der Waals surface area contributed by atoms with Crippen LogP contribution >= 0.6 is 0 Å². The third-order valence-corrected chi connectivity index (χ3v) is 12.5. The van der Waals surface area contributed by atoms with Gasteiger partial charge in [0.1, 0.15) is 0 Å². The minimum atomic E-state index is -0.0731. The van der Waals surface area contributed by atoms with Gasteiger partial charge in [-0.3, -0.25) is 0 Å². The van der Waals surface area contributed by atoms with Gasteiger partial charge >= 0.3 is 0 Å². The molecule has 2 nitrogen and oxygen atoms in total. The van der Waals surface area contributed by atoms with E-state index in [2.05, 4.69) is 193 Å². The fourth-order valence-electron chi connectivity index (χ4n) is 10.1. The highest BCUT2D eigenvalue weighted by Crippen LogP contribution is 2.50. The quantitative estimate of drug-likeness (QED) is 0.175. The molecule has 0 unspecified atom stereocenters. The van der Waals surface area contributed by atoms with E-state index < -0.39 is 0 Å². The van der Waals surface area contributed by atoms with Crippen LogP contribution in [0.4, 0.5) is 0 Å². The second kappa shape index (κ2) is 10.7. The number of fused-ring (bicyclic) bond motifs is 13. The van der Waals surface area contributed by atoms with Crippen molar-refractivity contribution < 1.29 is 0 Å². The molecular weight excluding hydrogens is 653 g/mol. The molecule has 8 aromatic carbocycles. The summed E-state index contributed by atoms with van der Waals surface area (Å²) in [5, 5.41) is 5.15. The van der Waals surface area contributed by atoms with Crippen LogP contribution in [0.15, 0.2) is 170 Å². The van der Waals surface area contributed by atoms with Gasteiger partial charge in [-0.25, -0.2) is 0 Å². The Kier molecular flexibility index (Phi) is 5.93. The van der Waals surface area contributed by atoms with E-state index in [4.69, 9.17) is 0 Å². The highest BCUT2D eigenvalue weighted by Gasteiger charge is 2.35. The molecule has 0 saturated heterocycles. The lowest BCUT2D eigenvalue weighted by molar-refractivity contribution is 0.660. The topological polar surface area (TPSA) is 9.86 Å². The summed E-state index contributed by atoms with van der Waals surface area (Å²) in [7, 11) is 0. The predicted octanol–water partition coefficient (Wildman–Crippen LogP) is 13.4. The molecule has 0 radical (unpaired) electrons. The minimum absolute atomic E-state index is 0.0731. The Morgan fingerprint density at radius 2 is 0.981 bits per heavy atom. The van der Waals surface area contributed by atoms with Gasteiger partial charge in [-0.2, -0.15) is 0 Å². The maximum atomic E-state index is 2.51. The molecule has 2 aliphatic carbocycles. The maximum absolute atomic E-state index is 2.51. The van der Waals surface area contributed by atoms with Gasteiger partial charge < -0.3 is 9.13 Å². The number of nitrogens with zero attached hydrogens (tertiary/aromatic N) is 2. The summed E-state index contributed by atoms with van der Waals surface area (Å²) in [6, 6.07) is 63.5. The minimum Gasteiger partial charge on any atom is -0.309 e. The molecule has 2 heterocycles. The smallest absolute Gasteiger partial charge is 0.0548 e. The van der Waals surface area contributed by atoms with Crippen molar-refractivity contribution in [2.75, 3.05) is 0 Å². The van der Waals surface area contributed by atoms with Gasteiger partial charge in [-0.15, -0.1) is 0 Å². The van der Waals surface area contributed by atoms with E-state index in [9.17, 15) is 0 Å². The van der Waals surface area contributed by atoms with Gasteiger partial charge in [0.05, 0.1) is 22.1 Å². The molecule has 0 fully saturated rings. The summed E-state index contributed by atoms with van der Waals surface area (Å²) >= 11 is 0. The Hall–Kier alpha value is -6.64. The van der Waals surface area contributed by atoms with E-state index in [1.165, 1.54) is 111 Å². The lowest BCUT2D eigenvalue weighted by Gasteiger charge is -2.22. The van der Waals surface area contributed by atoms with Crippen LogP contribution in [0, 0.1) is 0 Å². The van der Waals surface area contributed by atoms with E-state index in [0.29, 0.717) is 0 Å². The van der Waals surface area contributed by atoms with Crippen LogP contribution in [0.1, 0.15) is 36.1 Å². The van der Waals surface area contributed by atoms with Crippen molar-refractivity contribution >= 4 is 43.6 Å². The summed E-state index contributed by atoms with van der Waals surface area (Å²) in [4.78, 5) is 0. The number of hydrogen-bond acceptors (Lipinski definition) is 0. The van der Waals surface area contributed by atoms with Crippen LogP contribution in [-0.4, -0.2) is 9.13 Å². The summed E-state index contributed by atoms with van der Waals surface area (Å²) in [6.07, 6.45) is 0.954. The first kappa shape index (κ1) is 29.9. The molecule has 254 valence electrons. The van der Waals surface area contributed by atoms with Crippen molar-refractivity contribution in [1.29, 1.82) is 0 Å². The molecule has 10 aromatic rings. The van der Waals surface area contributed by atoms with Gasteiger partial charge in [-0.1, -0.05) is 135 Å². The Balaban J connectivity index is 1.15. The van der Waals surface area contributed by atoms with Gasteiger partial charge in [0.15, 0.2) is 0 Å². The molecule has 0 saturated carbocycles. The van der Waals surface area contributed by atoms with Crippen molar-refractivity contribution in [2.45, 2.75) is 25.7 Å². The highest BCUT2D eigenvalue weighted by molar-refractivity contribution is 6.29. The van der Waals surface area contributed by atoms with E-state index in [1.54, 1.807) is 0 Å². The van der Waals surface area contributed by atoms with Crippen molar-refractivity contribution in [3.8, 4) is 44.8 Å². The Labute approximate surface area is 314 Å². The number of para-hydroxylation sites is 2. The lowest BCUT2D eigenvalue weighted by Crippen LogP contribution is -2.15. The van der Waals surface area contributed by atoms with E-state index >= 15 is 0 Å². The Morgan fingerprint density at radius 1 is 0.407 bits per heavy atom. The zero-order chi connectivity index (χ0) is 35.7. The first-order chi connectivity index (χ1) is 26.6. The van der Waals surface area contributed by atoms with Crippen molar-refractivity contribution in [3.63, 3.8) is 0 Å². The van der Waals surface area contributed by atoms with Crippen LogP contribution in [-0.2, 0) is 11.8 Å². The molecule has 0 N–H and O–H groups in total. The van der Waals surface area contributed by atoms with Crippen LogP contribution < -0.4 is 0 Å². The molecule has 2 aromatic heterocycles. The van der Waals surface area contributed by atoms with Gasteiger partial charge in [-0.05, 0) is 111 Å². The van der Waals surface area contributed by atoms with Crippen LogP contribution in [0.25, 0.3) is 88.4 Å². The van der Waals surface area contributed by atoms with Crippen molar-refractivity contribution in [2.24, 2.45) is 0 Å². The summed E-state index contributed by atoms with van der Waals surface area (Å²) in [6.45, 7) is 4.74. The largest absolute Gasteiger partial charge is 0.309 e. The number of rotatable bonds is 3. The summed E-state index contributed by atoms with van der Waals surface area (Å²) in [5.74, 6) is 0. The number of hydrogen-bond donors (Lipinski definition) is 0. The first-order valence-electron chi connectivity index (χ1n) is 19.1. The standard InChI is InChI=1S/C52H36N2/c1-52(2)44-21-11-8-18-37(44)38-25-24-34(31-45(38)52)53-46-22-12-9-19-39(46)50-48(53)26-27-49-51(50)40-20-10-13-23-47(40)54(49)35-29-41(32-14-4-3-5-15-32)42-28-33-16-6-7-17-36(33)43(42)30-35/h3-27,29-31H,28H2,1-2H3. The van der Waals surface area contributed by atoms with E-state index in [0.717, 1.165) is 6.42 Å². The first-order valence-corrected chi connectivity index (χ1v) is 19.1. The highest BCUT2D eigenvalue weighted by atomic mass is 15.0. The number of benzene rings is 8. The van der Waals surface area contributed by atoms with E-state index in [-0.39, 0.29) is 5.41 Å². The van der Waals surface area contributed by atoms with Crippen LogP contribution in [0.5, 0.6) is 0 Å². The summed E-state index contributed by atoms with van der Waals surface area (Å²) < 4.78 is 5.01. The molecule has 0 bridgehead atoms. The normalized spacial score (nSPS) is 13.8. The SMILES string of the molecule is CC1(C)c2ccccc2-c2ccc(-n3c4ccccc4c4c5c6ccccc6n(-c6cc(-c7ccccc7)c7c(c6)-c6ccccc6C7)c5ccc43)cc21. The molecular formula is C52H36N2. The average molecular weight is 689 g/mol. The summed E-state index contributed by atoms with van der Waals surface area (Å²) in [5.41, 5.74) is 20.8. The third kappa shape index (κ3) is 3.90. The number of aromatic nitrogens is 2. The molecule has 0 aliphatic heterocycles. The van der Waals surface area contributed by atoms with Gasteiger partial charge in [0.2, 0.25) is 0 Å². The molecule has 2 heteroatoms. The fourth-order valence-corrected chi connectivity index (χ4v) is 10.1. The molecule has 0 atom stereocenters. The lowest BCUT2D eigenvalue weighted by atomic mass is 9.82. The van der Waals surface area contributed by atoms with Crippen LogP contribution in [0.2, 0.25) is 0 Å². The maximum Gasteiger partial charge on any atom is 0.0548 e. The fraction of sp³-hybridized carbons (Fsp3) is 0.0769. The average Bonchev–Trinajstić information content (AvgIpc) is 3.93. The second-order valence-corrected chi connectivity index (χ2v) is 15.7.